The van der Waals surface area contributed by atoms with Gasteiger partial charge >= 0.3 is 0 Å². The SMILES string of the molecule is NNC(c1cccc(F)c1)c1cccc(I)c1. The molecule has 0 saturated heterocycles. The number of benzene rings is 2. The second-order valence-corrected chi connectivity index (χ2v) is 4.96. The molecular formula is C13H12FIN2. The minimum Gasteiger partial charge on any atom is -0.271 e. The van der Waals surface area contributed by atoms with Crippen molar-refractivity contribution in [1.29, 1.82) is 0 Å². The number of hydrogen-bond donors (Lipinski definition) is 2. The predicted octanol–water partition coefficient (Wildman–Crippen LogP) is 2.98. The van der Waals surface area contributed by atoms with Gasteiger partial charge in [-0.25, -0.2) is 9.82 Å². The summed E-state index contributed by atoms with van der Waals surface area (Å²) in [6.45, 7) is 0. The fraction of sp³-hybridized carbons (Fsp3) is 0.0769. The van der Waals surface area contributed by atoms with Gasteiger partial charge in [-0.15, -0.1) is 0 Å². The van der Waals surface area contributed by atoms with Gasteiger partial charge in [0.1, 0.15) is 5.82 Å². The van der Waals surface area contributed by atoms with E-state index in [1.165, 1.54) is 12.1 Å². The molecule has 1 atom stereocenters. The van der Waals surface area contributed by atoms with E-state index in [-0.39, 0.29) is 11.9 Å². The Labute approximate surface area is 113 Å². The largest absolute Gasteiger partial charge is 0.271 e. The fourth-order valence-corrected chi connectivity index (χ4v) is 2.32. The maximum atomic E-state index is 13.2. The molecule has 0 aliphatic carbocycles. The zero-order valence-electron chi connectivity index (χ0n) is 9.03. The molecule has 0 amide bonds. The first-order valence-electron chi connectivity index (χ1n) is 5.18. The summed E-state index contributed by atoms with van der Waals surface area (Å²) in [4.78, 5) is 0. The summed E-state index contributed by atoms with van der Waals surface area (Å²) in [5, 5.41) is 0. The van der Waals surface area contributed by atoms with Gasteiger partial charge < -0.3 is 0 Å². The van der Waals surface area contributed by atoms with Crippen molar-refractivity contribution in [2.45, 2.75) is 6.04 Å². The van der Waals surface area contributed by atoms with E-state index in [1.807, 2.05) is 30.3 Å². The first-order chi connectivity index (χ1) is 8.20. The molecule has 1 unspecified atom stereocenters. The molecule has 0 radical (unpaired) electrons. The molecule has 0 fully saturated rings. The van der Waals surface area contributed by atoms with Gasteiger partial charge in [-0.1, -0.05) is 24.3 Å². The lowest BCUT2D eigenvalue weighted by atomic mass is 9.99. The van der Waals surface area contributed by atoms with Gasteiger partial charge in [0, 0.05) is 3.57 Å². The predicted molar refractivity (Wildman–Crippen MR) is 74.7 cm³/mol. The van der Waals surface area contributed by atoms with Crippen LogP contribution < -0.4 is 11.3 Å². The number of hydrogen-bond acceptors (Lipinski definition) is 2. The Bertz CT molecular complexity index is 471. The smallest absolute Gasteiger partial charge is 0.123 e. The van der Waals surface area contributed by atoms with Crippen LogP contribution in [-0.4, -0.2) is 0 Å². The number of hydrazine groups is 1. The van der Waals surface area contributed by atoms with Crippen LogP contribution in [-0.2, 0) is 0 Å². The van der Waals surface area contributed by atoms with Crippen molar-refractivity contribution >= 4 is 22.6 Å². The van der Waals surface area contributed by atoms with Crippen LogP contribution in [0.15, 0.2) is 48.5 Å². The average molecular weight is 342 g/mol. The maximum absolute atomic E-state index is 13.2. The van der Waals surface area contributed by atoms with Crippen LogP contribution in [0.3, 0.4) is 0 Å². The lowest BCUT2D eigenvalue weighted by Gasteiger charge is -2.17. The zero-order valence-corrected chi connectivity index (χ0v) is 11.2. The van der Waals surface area contributed by atoms with Crippen LogP contribution in [0, 0.1) is 9.39 Å². The molecule has 2 aromatic carbocycles. The summed E-state index contributed by atoms with van der Waals surface area (Å²) in [5.41, 5.74) is 4.55. The normalized spacial score (nSPS) is 12.4. The topological polar surface area (TPSA) is 38.0 Å². The summed E-state index contributed by atoms with van der Waals surface area (Å²) < 4.78 is 14.3. The van der Waals surface area contributed by atoms with Crippen LogP contribution in [0.1, 0.15) is 17.2 Å². The van der Waals surface area contributed by atoms with Crippen molar-refractivity contribution in [2.75, 3.05) is 0 Å². The molecule has 0 aromatic heterocycles. The molecule has 4 heteroatoms. The van der Waals surface area contributed by atoms with E-state index in [9.17, 15) is 4.39 Å². The van der Waals surface area contributed by atoms with Crippen LogP contribution in [0.2, 0.25) is 0 Å². The van der Waals surface area contributed by atoms with Gasteiger partial charge in [-0.3, -0.25) is 5.84 Å². The van der Waals surface area contributed by atoms with Gasteiger partial charge in [-0.05, 0) is 58.0 Å². The van der Waals surface area contributed by atoms with E-state index in [1.54, 1.807) is 6.07 Å². The molecule has 2 aromatic rings. The van der Waals surface area contributed by atoms with Gasteiger partial charge in [0.2, 0.25) is 0 Å². The Hall–Kier alpha value is -0.980. The lowest BCUT2D eigenvalue weighted by molar-refractivity contribution is 0.605. The third-order valence-corrected chi connectivity index (χ3v) is 3.20. The third kappa shape index (κ3) is 3.02. The molecule has 0 aliphatic rings. The van der Waals surface area contributed by atoms with Crippen molar-refractivity contribution in [1.82, 2.24) is 5.43 Å². The Morgan fingerprint density at radius 2 is 1.71 bits per heavy atom. The second kappa shape index (κ2) is 5.57. The van der Waals surface area contributed by atoms with E-state index < -0.39 is 0 Å². The van der Waals surface area contributed by atoms with Crippen molar-refractivity contribution < 1.29 is 4.39 Å². The lowest BCUT2D eigenvalue weighted by Crippen LogP contribution is -2.28. The maximum Gasteiger partial charge on any atom is 0.123 e. The van der Waals surface area contributed by atoms with Crippen LogP contribution >= 0.6 is 22.6 Å². The van der Waals surface area contributed by atoms with E-state index in [4.69, 9.17) is 5.84 Å². The Balaban J connectivity index is 2.40. The van der Waals surface area contributed by atoms with E-state index >= 15 is 0 Å². The average Bonchev–Trinajstić information content (AvgIpc) is 2.30. The molecule has 88 valence electrons. The van der Waals surface area contributed by atoms with Crippen LogP contribution in [0.5, 0.6) is 0 Å². The highest BCUT2D eigenvalue weighted by molar-refractivity contribution is 14.1. The van der Waals surface area contributed by atoms with Gasteiger partial charge in [0.05, 0.1) is 6.04 Å². The summed E-state index contributed by atoms with van der Waals surface area (Å²) in [6, 6.07) is 14.2. The molecule has 0 saturated carbocycles. The van der Waals surface area contributed by atoms with E-state index in [2.05, 4.69) is 28.0 Å². The van der Waals surface area contributed by atoms with Gasteiger partial charge in [-0.2, -0.15) is 0 Å². The Kier molecular flexibility index (Phi) is 4.09. The summed E-state index contributed by atoms with van der Waals surface area (Å²) in [6.07, 6.45) is 0. The number of nitrogens with two attached hydrogens (primary N) is 1. The van der Waals surface area contributed by atoms with Crippen molar-refractivity contribution in [2.24, 2.45) is 5.84 Å². The molecule has 0 bridgehead atoms. The van der Waals surface area contributed by atoms with Gasteiger partial charge in [0.25, 0.3) is 0 Å². The molecule has 0 spiro atoms. The third-order valence-electron chi connectivity index (χ3n) is 2.53. The molecule has 2 rings (SSSR count). The molecular weight excluding hydrogens is 330 g/mol. The highest BCUT2D eigenvalue weighted by Crippen LogP contribution is 2.23. The van der Waals surface area contributed by atoms with Crippen LogP contribution in [0.25, 0.3) is 0 Å². The molecule has 0 aliphatic heterocycles. The number of rotatable bonds is 3. The highest BCUT2D eigenvalue weighted by Gasteiger charge is 2.12. The minimum absolute atomic E-state index is 0.194. The standard InChI is InChI=1S/C13H12FIN2/c14-11-5-1-3-9(7-11)13(17-16)10-4-2-6-12(15)8-10/h1-8,13,17H,16H2. The molecule has 2 nitrogen and oxygen atoms in total. The molecule has 3 N–H and O–H groups in total. The Morgan fingerprint density at radius 1 is 1.06 bits per heavy atom. The first kappa shape index (κ1) is 12.5. The van der Waals surface area contributed by atoms with Crippen LogP contribution in [0.4, 0.5) is 4.39 Å². The van der Waals surface area contributed by atoms with Gasteiger partial charge in [0.15, 0.2) is 0 Å². The van der Waals surface area contributed by atoms with E-state index in [0.29, 0.717) is 0 Å². The Morgan fingerprint density at radius 3 is 2.29 bits per heavy atom. The highest BCUT2D eigenvalue weighted by atomic mass is 127. The van der Waals surface area contributed by atoms with E-state index in [0.717, 1.165) is 14.7 Å². The number of nitrogens with one attached hydrogen (secondary N) is 1. The van der Waals surface area contributed by atoms with Crippen molar-refractivity contribution in [3.63, 3.8) is 0 Å². The second-order valence-electron chi connectivity index (χ2n) is 3.71. The molecule has 0 heterocycles. The minimum atomic E-state index is -0.256. The van der Waals surface area contributed by atoms with Crippen molar-refractivity contribution in [3.05, 3.63) is 69.0 Å². The summed E-state index contributed by atoms with van der Waals surface area (Å²) in [7, 11) is 0. The van der Waals surface area contributed by atoms with Crippen molar-refractivity contribution in [3.8, 4) is 0 Å². The fourth-order valence-electron chi connectivity index (χ4n) is 1.76. The quantitative estimate of drug-likeness (QED) is 0.511. The summed E-state index contributed by atoms with van der Waals surface area (Å²) >= 11 is 2.24. The zero-order chi connectivity index (χ0) is 12.3. The number of halogens is 2. The summed E-state index contributed by atoms with van der Waals surface area (Å²) in [5.74, 6) is 5.31. The first-order valence-corrected chi connectivity index (χ1v) is 6.25. The monoisotopic (exact) mass is 342 g/mol. The molecule has 17 heavy (non-hydrogen) atoms.